The summed E-state index contributed by atoms with van der Waals surface area (Å²) in [6.07, 6.45) is 2.60. The van der Waals surface area contributed by atoms with Gasteiger partial charge in [-0.25, -0.2) is 12.8 Å². The fraction of sp³-hybridized carbons (Fsp3) is 0.214. The molecule has 1 heterocycles. The van der Waals surface area contributed by atoms with Gasteiger partial charge in [0.25, 0.3) is 0 Å². The zero-order valence-corrected chi connectivity index (χ0v) is 11.9. The molecule has 0 radical (unpaired) electrons. The maximum absolute atomic E-state index is 14.1. The lowest BCUT2D eigenvalue weighted by Crippen LogP contribution is -2.01. The largest absolute Gasteiger partial charge is 0.494 e. The number of ether oxygens (including phenoxy) is 1. The highest BCUT2D eigenvalue weighted by Crippen LogP contribution is 2.27. The van der Waals surface area contributed by atoms with E-state index in [1.54, 1.807) is 24.3 Å². The third-order valence-corrected chi connectivity index (χ3v) is 3.57. The van der Waals surface area contributed by atoms with Crippen molar-refractivity contribution in [2.45, 2.75) is 5.75 Å². The van der Waals surface area contributed by atoms with E-state index in [-0.39, 0.29) is 11.5 Å². The Morgan fingerprint density at radius 3 is 2.55 bits per heavy atom. The van der Waals surface area contributed by atoms with Gasteiger partial charge in [-0.3, -0.25) is 4.98 Å². The van der Waals surface area contributed by atoms with Gasteiger partial charge in [0.05, 0.1) is 18.6 Å². The second kappa shape index (κ2) is 5.58. The molecule has 0 saturated heterocycles. The van der Waals surface area contributed by atoms with Gasteiger partial charge < -0.3 is 4.74 Å². The molecule has 0 N–H and O–H groups in total. The van der Waals surface area contributed by atoms with Gasteiger partial charge in [0.15, 0.2) is 21.4 Å². The predicted octanol–water partition coefficient (Wildman–Crippen LogP) is 2.44. The molecule has 2 rings (SSSR count). The molecule has 0 spiro atoms. The molecule has 2 aromatic rings. The Kier molecular flexibility index (Phi) is 4.04. The van der Waals surface area contributed by atoms with Crippen LogP contribution < -0.4 is 4.74 Å². The summed E-state index contributed by atoms with van der Waals surface area (Å²) >= 11 is 0. The van der Waals surface area contributed by atoms with E-state index in [1.807, 2.05) is 0 Å². The van der Waals surface area contributed by atoms with E-state index in [0.717, 1.165) is 6.26 Å². The monoisotopic (exact) mass is 295 g/mol. The number of hydrogen-bond donors (Lipinski definition) is 0. The molecule has 0 fully saturated rings. The Morgan fingerprint density at radius 1 is 1.25 bits per heavy atom. The molecule has 0 atom stereocenters. The zero-order chi connectivity index (χ0) is 14.8. The Morgan fingerprint density at radius 2 is 2.00 bits per heavy atom. The van der Waals surface area contributed by atoms with Crippen LogP contribution in [0.4, 0.5) is 4.39 Å². The first-order valence-corrected chi connectivity index (χ1v) is 7.92. The number of pyridine rings is 1. The van der Waals surface area contributed by atoms with Crippen LogP contribution in [0.15, 0.2) is 36.5 Å². The number of methoxy groups -OCH3 is 1. The van der Waals surface area contributed by atoms with Gasteiger partial charge in [-0.15, -0.1) is 0 Å². The van der Waals surface area contributed by atoms with Crippen LogP contribution in [-0.2, 0) is 15.6 Å². The van der Waals surface area contributed by atoms with Crippen molar-refractivity contribution in [3.05, 3.63) is 47.9 Å². The Balaban J connectivity index is 2.35. The van der Waals surface area contributed by atoms with E-state index < -0.39 is 15.7 Å². The summed E-state index contributed by atoms with van der Waals surface area (Å²) < 4.78 is 41.4. The second-order valence-electron chi connectivity index (χ2n) is 4.44. The molecule has 0 aliphatic carbocycles. The summed E-state index contributed by atoms with van der Waals surface area (Å²) in [5.74, 6) is -0.427. The lowest BCUT2D eigenvalue weighted by atomic mass is 10.1. The van der Waals surface area contributed by atoms with E-state index >= 15 is 0 Å². The first-order valence-electron chi connectivity index (χ1n) is 5.86. The van der Waals surface area contributed by atoms with Crippen LogP contribution in [0, 0.1) is 5.82 Å². The fourth-order valence-corrected chi connectivity index (χ4v) is 2.61. The number of halogens is 1. The number of nitrogens with zero attached hydrogens (tertiary/aromatic N) is 1. The number of benzene rings is 1. The molecule has 0 saturated carbocycles. The highest BCUT2D eigenvalue weighted by Gasteiger charge is 2.12. The Labute approximate surface area is 117 Å². The number of hydrogen-bond acceptors (Lipinski definition) is 4. The second-order valence-corrected chi connectivity index (χ2v) is 6.58. The third kappa shape index (κ3) is 3.33. The van der Waals surface area contributed by atoms with Crippen LogP contribution in [0.25, 0.3) is 11.3 Å². The quantitative estimate of drug-likeness (QED) is 0.869. The Bertz CT molecular complexity index is 712. The van der Waals surface area contributed by atoms with E-state index in [0.29, 0.717) is 16.8 Å². The summed E-state index contributed by atoms with van der Waals surface area (Å²) in [5.41, 5.74) is 1.31. The van der Waals surface area contributed by atoms with Gasteiger partial charge in [0.1, 0.15) is 0 Å². The van der Waals surface area contributed by atoms with Gasteiger partial charge in [0, 0.05) is 18.0 Å². The molecule has 0 unspecified atom stereocenters. The molecule has 0 aliphatic heterocycles. The maximum Gasteiger partial charge on any atom is 0.174 e. The zero-order valence-electron chi connectivity index (χ0n) is 11.1. The lowest BCUT2D eigenvalue weighted by molar-refractivity contribution is 0.387. The predicted molar refractivity (Wildman–Crippen MR) is 74.7 cm³/mol. The minimum Gasteiger partial charge on any atom is -0.494 e. The standard InChI is InChI=1S/C14H14FNO3S/c1-19-13-5-3-4-11(14(13)15)12-7-6-10(8-16-12)9-20(2,17)18/h3-8H,9H2,1-2H3. The highest BCUT2D eigenvalue weighted by molar-refractivity contribution is 7.89. The van der Waals surface area contributed by atoms with E-state index in [2.05, 4.69) is 4.98 Å². The first kappa shape index (κ1) is 14.5. The van der Waals surface area contributed by atoms with Gasteiger partial charge in [-0.2, -0.15) is 0 Å². The smallest absolute Gasteiger partial charge is 0.174 e. The fourth-order valence-electron chi connectivity index (χ4n) is 1.84. The highest BCUT2D eigenvalue weighted by atomic mass is 32.2. The number of rotatable bonds is 4. The van der Waals surface area contributed by atoms with E-state index in [9.17, 15) is 12.8 Å². The van der Waals surface area contributed by atoms with Crippen molar-refractivity contribution in [3.8, 4) is 17.0 Å². The number of aromatic nitrogens is 1. The van der Waals surface area contributed by atoms with Gasteiger partial charge in [-0.1, -0.05) is 12.1 Å². The summed E-state index contributed by atoms with van der Waals surface area (Å²) in [6.45, 7) is 0. The van der Waals surface area contributed by atoms with Crippen LogP contribution >= 0.6 is 0 Å². The normalized spacial score (nSPS) is 11.3. The molecule has 1 aromatic carbocycles. The summed E-state index contributed by atoms with van der Waals surface area (Å²) in [4.78, 5) is 4.11. The van der Waals surface area contributed by atoms with Crippen molar-refractivity contribution in [2.24, 2.45) is 0 Å². The molecule has 0 amide bonds. The Hall–Kier alpha value is -1.95. The maximum atomic E-state index is 14.1. The molecular formula is C14H14FNO3S. The molecule has 20 heavy (non-hydrogen) atoms. The summed E-state index contributed by atoms with van der Waals surface area (Å²) in [6, 6.07) is 8.01. The van der Waals surface area contributed by atoms with Crippen molar-refractivity contribution < 1.29 is 17.5 Å². The molecule has 6 heteroatoms. The molecule has 106 valence electrons. The SMILES string of the molecule is COc1cccc(-c2ccc(CS(C)(=O)=O)cn2)c1F. The average molecular weight is 295 g/mol. The van der Waals surface area contributed by atoms with Crippen molar-refractivity contribution in [1.82, 2.24) is 4.98 Å². The van der Waals surface area contributed by atoms with Crippen LogP contribution in [0.3, 0.4) is 0 Å². The van der Waals surface area contributed by atoms with Gasteiger partial charge in [0.2, 0.25) is 0 Å². The van der Waals surface area contributed by atoms with E-state index in [1.165, 1.54) is 19.4 Å². The van der Waals surface area contributed by atoms with Crippen molar-refractivity contribution >= 4 is 9.84 Å². The molecular weight excluding hydrogens is 281 g/mol. The van der Waals surface area contributed by atoms with Crippen molar-refractivity contribution in [3.63, 3.8) is 0 Å². The lowest BCUT2D eigenvalue weighted by Gasteiger charge is -2.07. The van der Waals surface area contributed by atoms with Crippen molar-refractivity contribution in [2.75, 3.05) is 13.4 Å². The van der Waals surface area contributed by atoms with Crippen LogP contribution in [0.5, 0.6) is 5.75 Å². The van der Waals surface area contributed by atoms with Crippen LogP contribution in [-0.4, -0.2) is 26.8 Å². The number of sulfone groups is 1. The van der Waals surface area contributed by atoms with Crippen molar-refractivity contribution in [1.29, 1.82) is 0 Å². The molecule has 1 aromatic heterocycles. The first-order chi connectivity index (χ1) is 9.40. The topological polar surface area (TPSA) is 56.3 Å². The minimum atomic E-state index is -3.11. The third-order valence-electron chi connectivity index (χ3n) is 2.71. The molecule has 0 aliphatic rings. The summed E-state index contributed by atoms with van der Waals surface area (Å²) in [7, 11) is -1.71. The van der Waals surface area contributed by atoms with Crippen LogP contribution in [0.1, 0.15) is 5.56 Å². The average Bonchev–Trinajstić information content (AvgIpc) is 2.38. The minimum absolute atomic E-state index is 0.0825. The summed E-state index contributed by atoms with van der Waals surface area (Å²) in [5, 5.41) is 0. The van der Waals surface area contributed by atoms with Gasteiger partial charge in [-0.05, 0) is 23.8 Å². The van der Waals surface area contributed by atoms with Crippen LogP contribution in [0.2, 0.25) is 0 Å². The van der Waals surface area contributed by atoms with E-state index in [4.69, 9.17) is 4.74 Å². The molecule has 4 nitrogen and oxygen atoms in total. The molecule has 0 bridgehead atoms. The van der Waals surface area contributed by atoms with Gasteiger partial charge >= 0.3 is 0 Å².